The molecule has 0 radical (unpaired) electrons. The predicted molar refractivity (Wildman–Crippen MR) is 151 cm³/mol. The molecule has 0 aliphatic carbocycles. The van der Waals surface area contributed by atoms with Crippen molar-refractivity contribution in [3.63, 3.8) is 0 Å². The van der Waals surface area contributed by atoms with Crippen LogP contribution >= 0.6 is 23.2 Å². The third-order valence-electron chi connectivity index (χ3n) is 5.79. The summed E-state index contributed by atoms with van der Waals surface area (Å²) in [6.45, 7) is 1.63. The highest BCUT2D eigenvalue weighted by Gasteiger charge is 2.27. The molecule has 0 saturated heterocycles. The number of benzene rings is 3. The smallest absolute Gasteiger partial charge is 0.266 e. The van der Waals surface area contributed by atoms with Gasteiger partial charge in [-0.3, -0.25) is 4.79 Å². The fourth-order valence-electron chi connectivity index (χ4n) is 3.68. The van der Waals surface area contributed by atoms with Gasteiger partial charge >= 0.3 is 0 Å². The number of carbonyl (C=O) groups excluding carboxylic acids is 1. The number of hydrogen-bond acceptors (Lipinski definition) is 5. The monoisotopic (exact) mass is 597 g/mol. The number of rotatable bonds is 9. The first-order valence-corrected chi connectivity index (χ1v) is 14.0. The van der Waals surface area contributed by atoms with Crippen molar-refractivity contribution in [2.75, 3.05) is 5.32 Å². The minimum Gasteiger partial charge on any atom is -0.460 e. The van der Waals surface area contributed by atoms with Gasteiger partial charge in [-0.2, -0.15) is 9.57 Å². The molecular weight excluding hydrogens is 576 g/mol. The second kappa shape index (κ2) is 12.5. The van der Waals surface area contributed by atoms with E-state index in [1.54, 1.807) is 30.3 Å². The van der Waals surface area contributed by atoms with Gasteiger partial charge < -0.3 is 9.73 Å². The van der Waals surface area contributed by atoms with Crippen LogP contribution in [0.2, 0.25) is 10.0 Å². The number of furan rings is 1. The van der Waals surface area contributed by atoms with Gasteiger partial charge in [0.2, 0.25) is 10.0 Å². The maximum absolute atomic E-state index is 13.6. The maximum Gasteiger partial charge on any atom is 0.266 e. The number of amides is 1. The van der Waals surface area contributed by atoms with Crippen LogP contribution in [0.1, 0.15) is 22.6 Å². The molecule has 4 aromatic rings. The lowest BCUT2D eigenvalue weighted by atomic mass is 10.2. The number of sulfonamides is 1. The van der Waals surface area contributed by atoms with Crippen molar-refractivity contribution in [2.45, 2.75) is 24.9 Å². The molecule has 1 heterocycles. The van der Waals surface area contributed by atoms with Gasteiger partial charge in [-0.05, 0) is 73.2 Å². The standard InChI is InChI=1S/C29H22Cl2FN3O4S/c1-19-2-12-27(13-3-19)40(37,38)35(17-20-4-5-22(30)15-28(20)31)18-26-11-10-25(39-26)14-21(16-33)29(36)34-24-8-6-23(32)7-9-24/h2-15H,17-18H2,1H3,(H,34,36)/b21-14-. The summed E-state index contributed by atoms with van der Waals surface area (Å²) in [6.07, 6.45) is 1.23. The third-order valence-corrected chi connectivity index (χ3v) is 8.18. The van der Waals surface area contributed by atoms with Crippen LogP contribution in [0, 0.1) is 24.1 Å². The lowest BCUT2D eigenvalue weighted by molar-refractivity contribution is -0.112. The summed E-state index contributed by atoms with van der Waals surface area (Å²) in [7, 11) is -3.99. The molecule has 0 saturated carbocycles. The number of aryl methyl sites for hydroxylation is 1. The summed E-state index contributed by atoms with van der Waals surface area (Å²) in [5, 5.41) is 12.7. The number of nitrogens with one attached hydrogen (secondary N) is 1. The second-order valence-electron chi connectivity index (χ2n) is 8.76. The van der Waals surface area contributed by atoms with Crippen molar-refractivity contribution >= 4 is 50.9 Å². The largest absolute Gasteiger partial charge is 0.460 e. The van der Waals surface area contributed by atoms with Crippen LogP contribution in [-0.2, 0) is 27.9 Å². The van der Waals surface area contributed by atoms with E-state index in [2.05, 4.69) is 5.32 Å². The molecule has 7 nitrogen and oxygen atoms in total. The Labute approximate surface area is 241 Å². The number of halogens is 3. The Hall–Kier alpha value is -3.94. The van der Waals surface area contributed by atoms with Gasteiger partial charge in [-0.1, -0.05) is 47.0 Å². The zero-order valence-electron chi connectivity index (χ0n) is 21.1. The predicted octanol–water partition coefficient (Wildman–Crippen LogP) is 6.97. The van der Waals surface area contributed by atoms with Crippen LogP contribution in [0.15, 0.2) is 93.7 Å². The fraction of sp³-hybridized carbons (Fsp3) is 0.103. The van der Waals surface area contributed by atoms with Gasteiger partial charge in [-0.25, -0.2) is 12.8 Å². The van der Waals surface area contributed by atoms with E-state index in [4.69, 9.17) is 27.6 Å². The minimum absolute atomic E-state index is 0.0679. The Balaban J connectivity index is 1.60. The van der Waals surface area contributed by atoms with Crippen LogP contribution in [0.3, 0.4) is 0 Å². The molecule has 1 N–H and O–H groups in total. The van der Waals surface area contributed by atoms with Crippen LogP contribution in [0.5, 0.6) is 0 Å². The Morgan fingerprint density at radius 1 is 1.02 bits per heavy atom. The summed E-state index contributed by atoms with van der Waals surface area (Å²) < 4.78 is 47.4. The maximum atomic E-state index is 13.6. The highest BCUT2D eigenvalue weighted by Crippen LogP contribution is 2.27. The van der Waals surface area contributed by atoms with Gasteiger partial charge in [-0.15, -0.1) is 0 Å². The summed E-state index contributed by atoms with van der Waals surface area (Å²) in [4.78, 5) is 12.6. The molecule has 1 aromatic heterocycles. The Bertz CT molecular complexity index is 1710. The van der Waals surface area contributed by atoms with Crippen molar-refractivity contribution < 1.29 is 22.0 Å². The highest BCUT2D eigenvalue weighted by molar-refractivity contribution is 7.89. The molecule has 204 valence electrons. The van der Waals surface area contributed by atoms with E-state index in [-0.39, 0.29) is 35.1 Å². The van der Waals surface area contributed by atoms with Crippen LogP contribution in [-0.4, -0.2) is 18.6 Å². The van der Waals surface area contributed by atoms with E-state index >= 15 is 0 Å². The van der Waals surface area contributed by atoms with Crippen LogP contribution < -0.4 is 5.32 Å². The van der Waals surface area contributed by atoms with E-state index < -0.39 is 21.7 Å². The van der Waals surface area contributed by atoms with Crippen molar-refractivity contribution in [1.82, 2.24) is 4.31 Å². The van der Waals surface area contributed by atoms with Crippen molar-refractivity contribution in [3.05, 3.63) is 123 Å². The lowest BCUT2D eigenvalue weighted by Crippen LogP contribution is -2.30. The van der Waals surface area contributed by atoms with E-state index in [1.165, 1.54) is 58.9 Å². The van der Waals surface area contributed by atoms with Crippen LogP contribution in [0.4, 0.5) is 10.1 Å². The van der Waals surface area contributed by atoms with Crippen molar-refractivity contribution in [3.8, 4) is 6.07 Å². The Kier molecular flexibility index (Phi) is 9.07. The van der Waals surface area contributed by atoms with Gasteiger partial charge in [0.15, 0.2) is 0 Å². The van der Waals surface area contributed by atoms with Crippen LogP contribution in [0.25, 0.3) is 6.08 Å². The Morgan fingerprint density at radius 2 is 1.73 bits per heavy atom. The van der Waals surface area contributed by atoms with Crippen molar-refractivity contribution in [2.24, 2.45) is 0 Å². The SMILES string of the molecule is Cc1ccc(S(=O)(=O)N(Cc2ccc(/C=C(/C#N)C(=O)Nc3ccc(F)cc3)o2)Cc2ccc(Cl)cc2Cl)cc1. The van der Waals surface area contributed by atoms with E-state index in [1.807, 2.05) is 13.0 Å². The highest BCUT2D eigenvalue weighted by atomic mass is 35.5. The van der Waals surface area contributed by atoms with Gasteiger partial charge in [0.1, 0.15) is 29.0 Å². The molecule has 4 rings (SSSR count). The first-order valence-electron chi connectivity index (χ1n) is 11.8. The van der Waals surface area contributed by atoms with Gasteiger partial charge in [0, 0.05) is 28.4 Å². The number of nitrogens with zero attached hydrogens (tertiary/aromatic N) is 2. The average Bonchev–Trinajstić information content (AvgIpc) is 3.36. The molecule has 1 amide bonds. The quantitative estimate of drug-likeness (QED) is 0.166. The number of anilines is 1. The summed E-state index contributed by atoms with van der Waals surface area (Å²) in [5.41, 5.74) is 1.50. The van der Waals surface area contributed by atoms with Gasteiger partial charge in [0.25, 0.3) is 5.91 Å². The first-order chi connectivity index (χ1) is 19.0. The zero-order chi connectivity index (χ0) is 28.9. The molecule has 0 fully saturated rings. The number of nitriles is 1. The molecule has 0 atom stereocenters. The zero-order valence-corrected chi connectivity index (χ0v) is 23.4. The summed E-state index contributed by atoms with van der Waals surface area (Å²) >= 11 is 12.4. The summed E-state index contributed by atoms with van der Waals surface area (Å²) in [5.74, 6) is -0.747. The molecule has 0 aliphatic heterocycles. The topological polar surface area (TPSA) is 103 Å². The number of hydrogen-bond donors (Lipinski definition) is 1. The minimum atomic E-state index is -3.99. The Morgan fingerprint density at radius 3 is 2.38 bits per heavy atom. The van der Waals surface area contributed by atoms with E-state index in [0.29, 0.717) is 21.3 Å². The number of carbonyl (C=O) groups is 1. The third kappa shape index (κ3) is 7.17. The fourth-order valence-corrected chi connectivity index (χ4v) is 5.53. The molecule has 0 spiro atoms. The molecule has 11 heteroatoms. The van der Waals surface area contributed by atoms with E-state index in [0.717, 1.165) is 5.56 Å². The summed E-state index contributed by atoms with van der Waals surface area (Å²) in [6, 6.07) is 21.2. The molecule has 40 heavy (non-hydrogen) atoms. The molecule has 0 aliphatic rings. The first kappa shape index (κ1) is 29.1. The lowest BCUT2D eigenvalue weighted by Gasteiger charge is -2.22. The molecule has 0 bridgehead atoms. The molecular formula is C29H22Cl2FN3O4S. The second-order valence-corrected chi connectivity index (χ2v) is 11.5. The average molecular weight is 598 g/mol. The molecule has 3 aromatic carbocycles. The van der Waals surface area contributed by atoms with E-state index in [9.17, 15) is 22.9 Å². The molecule has 0 unspecified atom stereocenters. The van der Waals surface area contributed by atoms with Gasteiger partial charge in [0.05, 0.1) is 11.4 Å². The normalized spacial score (nSPS) is 11.8. The van der Waals surface area contributed by atoms with Crippen molar-refractivity contribution in [1.29, 1.82) is 5.26 Å².